The van der Waals surface area contributed by atoms with Crippen LogP contribution in [0.4, 0.5) is 8.78 Å². The van der Waals surface area contributed by atoms with E-state index in [1.165, 1.54) is 18.1 Å². The Kier molecular flexibility index (Phi) is 2.00. The predicted octanol–water partition coefficient (Wildman–Crippen LogP) is 3.38. The van der Waals surface area contributed by atoms with Crippen LogP contribution < -0.4 is 5.32 Å². The van der Waals surface area contributed by atoms with Crippen molar-refractivity contribution < 1.29 is 8.78 Å². The van der Waals surface area contributed by atoms with Gasteiger partial charge in [0.15, 0.2) is 5.83 Å². The fourth-order valence-electron chi connectivity index (χ4n) is 3.23. The first kappa shape index (κ1) is 10.6. The first-order valence-electron chi connectivity index (χ1n) is 6.64. The summed E-state index contributed by atoms with van der Waals surface area (Å²) in [5.41, 5.74) is 4.53. The molecule has 92 valence electrons. The van der Waals surface area contributed by atoms with E-state index in [1.54, 1.807) is 0 Å². The Bertz CT molecular complexity index is 548. The molecule has 0 saturated carbocycles. The Morgan fingerprint density at radius 1 is 1.50 bits per heavy atom. The lowest BCUT2D eigenvalue weighted by molar-refractivity contribution is 0.537. The molecule has 2 saturated heterocycles. The molecule has 0 bridgehead atoms. The molecule has 0 radical (unpaired) electrons. The minimum Gasteiger partial charge on any atom is -0.386 e. The van der Waals surface area contributed by atoms with Crippen LogP contribution in [0, 0.1) is 5.92 Å². The highest BCUT2D eigenvalue weighted by molar-refractivity contribution is 6.86. The van der Waals surface area contributed by atoms with Crippen molar-refractivity contribution in [3.05, 3.63) is 40.8 Å². The van der Waals surface area contributed by atoms with Gasteiger partial charge in [-0.2, -0.15) is 4.39 Å². The van der Waals surface area contributed by atoms with Gasteiger partial charge >= 0.3 is 0 Å². The van der Waals surface area contributed by atoms with Gasteiger partial charge < -0.3 is 5.32 Å². The summed E-state index contributed by atoms with van der Waals surface area (Å²) in [5, 5.41) is 3.50. The van der Waals surface area contributed by atoms with E-state index in [2.05, 4.69) is 24.0 Å². The summed E-state index contributed by atoms with van der Waals surface area (Å²) in [6, 6.07) is 0.523. The number of rotatable bonds is 4. The minimum absolute atomic E-state index is 0.164. The lowest BCUT2D eigenvalue weighted by Gasteiger charge is -2.17. The number of fused-ring (bicyclic) bond motifs is 1. The van der Waals surface area contributed by atoms with Crippen LogP contribution in [0.1, 0.15) is 13.3 Å². The van der Waals surface area contributed by atoms with Crippen LogP contribution in [0.25, 0.3) is 0 Å². The Hall–Kier alpha value is -1.28. The summed E-state index contributed by atoms with van der Waals surface area (Å²) in [7, 11) is 0. The summed E-state index contributed by atoms with van der Waals surface area (Å²) in [6.07, 6.45) is 5.26. The Morgan fingerprint density at radius 2 is 2.28 bits per heavy atom. The van der Waals surface area contributed by atoms with Crippen molar-refractivity contribution in [2.45, 2.75) is 37.3 Å². The zero-order chi connectivity index (χ0) is 12.4. The summed E-state index contributed by atoms with van der Waals surface area (Å²) >= 11 is 0. The molecule has 0 aromatic rings. The van der Waals surface area contributed by atoms with Gasteiger partial charge in [-0.05, 0) is 30.8 Å². The SMILES string of the molecule is CC(NC1=CC1C1=C=C(F)C(F)=CC1)C1B2CC21. The van der Waals surface area contributed by atoms with E-state index in [4.69, 9.17) is 0 Å². The molecule has 0 spiro atoms. The van der Waals surface area contributed by atoms with E-state index in [-0.39, 0.29) is 5.92 Å². The van der Waals surface area contributed by atoms with Crippen molar-refractivity contribution in [3.8, 4) is 0 Å². The van der Waals surface area contributed by atoms with Crippen LogP contribution in [0.15, 0.2) is 40.8 Å². The van der Waals surface area contributed by atoms with Crippen LogP contribution in [-0.4, -0.2) is 12.8 Å². The van der Waals surface area contributed by atoms with E-state index in [9.17, 15) is 8.78 Å². The maximum Gasteiger partial charge on any atom is 0.200 e. The molecule has 1 nitrogen and oxygen atoms in total. The lowest BCUT2D eigenvalue weighted by Crippen LogP contribution is -2.26. The van der Waals surface area contributed by atoms with Gasteiger partial charge in [0.1, 0.15) is 6.71 Å². The minimum atomic E-state index is -0.854. The number of hydrogen-bond donors (Lipinski definition) is 1. The van der Waals surface area contributed by atoms with Gasteiger partial charge in [0.05, 0.1) is 0 Å². The molecular formula is C14H14BF2N. The number of halogens is 2. The smallest absolute Gasteiger partial charge is 0.200 e. The van der Waals surface area contributed by atoms with E-state index in [1.807, 2.05) is 0 Å². The van der Waals surface area contributed by atoms with Crippen molar-refractivity contribution in [2.24, 2.45) is 5.92 Å². The molecular weight excluding hydrogens is 231 g/mol. The predicted molar refractivity (Wildman–Crippen MR) is 67.7 cm³/mol. The maximum atomic E-state index is 13.1. The highest BCUT2D eigenvalue weighted by Gasteiger charge is 2.68. The first-order valence-corrected chi connectivity index (χ1v) is 6.64. The van der Waals surface area contributed by atoms with Crippen LogP contribution in [0.3, 0.4) is 0 Å². The average molecular weight is 245 g/mol. The topological polar surface area (TPSA) is 12.0 Å². The third-order valence-electron chi connectivity index (χ3n) is 4.64. The molecule has 0 aromatic carbocycles. The standard InChI is InChI=1S/C14H14BF2N/c1-7(14-10-6-15(10)14)18-13-5-9(13)8-2-3-11(16)12(17)4-8/h3,5,7,9-10,14,18H,2,6H2,1H3. The monoisotopic (exact) mass is 245 g/mol. The van der Waals surface area contributed by atoms with Crippen molar-refractivity contribution in [3.63, 3.8) is 0 Å². The number of allylic oxidation sites excluding steroid dienone is 4. The molecule has 2 fully saturated rings. The Morgan fingerprint density at radius 3 is 2.89 bits per heavy atom. The fraction of sp³-hybridized carbons (Fsp3) is 0.500. The molecule has 4 rings (SSSR count). The highest BCUT2D eigenvalue weighted by atomic mass is 19.2. The summed E-state index contributed by atoms with van der Waals surface area (Å²) in [5.74, 6) is 0.371. The van der Waals surface area contributed by atoms with Crippen molar-refractivity contribution in [1.82, 2.24) is 5.32 Å². The van der Waals surface area contributed by atoms with Crippen LogP contribution in [0.2, 0.25) is 18.0 Å². The van der Waals surface area contributed by atoms with Crippen LogP contribution in [0.5, 0.6) is 0 Å². The van der Waals surface area contributed by atoms with Gasteiger partial charge in [-0.3, -0.25) is 0 Å². The maximum absolute atomic E-state index is 13.1. The summed E-state index contributed by atoms with van der Waals surface area (Å²) in [6.45, 7) is 3.20. The summed E-state index contributed by atoms with van der Waals surface area (Å²) in [4.78, 5) is 0. The van der Waals surface area contributed by atoms with E-state index in [0.717, 1.165) is 23.9 Å². The molecule has 2 aliphatic heterocycles. The molecule has 2 heterocycles. The van der Waals surface area contributed by atoms with Gasteiger partial charge in [0.2, 0.25) is 5.83 Å². The fourth-order valence-corrected chi connectivity index (χ4v) is 3.23. The zero-order valence-electron chi connectivity index (χ0n) is 10.2. The van der Waals surface area contributed by atoms with Gasteiger partial charge in [-0.25, -0.2) is 4.39 Å². The van der Waals surface area contributed by atoms with Gasteiger partial charge in [0.25, 0.3) is 0 Å². The third kappa shape index (κ3) is 1.59. The van der Waals surface area contributed by atoms with Gasteiger partial charge in [-0.1, -0.05) is 23.9 Å². The van der Waals surface area contributed by atoms with Crippen molar-refractivity contribution >= 4 is 6.71 Å². The molecule has 0 aromatic heterocycles. The largest absolute Gasteiger partial charge is 0.386 e. The molecule has 0 amide bonds. The van der Waals surface area contributed by atoms with Crippen molar-refractivity contribution in [1.29, 1.82) is 0 Å². The number of hydrogen-bond acceptors (Lipinski definition) is 1. The third-order valence-corrected chi connectivity index (χ3v) is 4.64. The average Bonchev–Trinajstić information content (AvgIpc) is 3.14. The summed E-state index contributed by atoms with van der Waals surface area (Å²) < 4.78 is 25.9. The van der Waals surface area contributed by atoms with E-state index in [0.29, 0.717) is 12.5 Å². The van der Waals surface area contributed by atoms with Crippen LogP contribution in [-0.2, 0) is 0 Å². The van der Waals surface area contributed by atoms with E-state index < -0.39 is 11.7 Å². The second-order valence-electron chi connectivity index (χ2n) is 5.89. The number of nitrogens with one attached hydrogen (secondary N) is 1. The first-order chi connectivity index (χ1) is 8.65. The Balaban J connectivity index is 1.38. The highest BCUT2D eigenvalue weighted by Crippen LogP contribution is 2.72. The molecule has 4 aliphatic rings. The second-order valence-corrected chi connectivity index (χ2v) is 5.89. The van der Waals surface area contributed by atoms with E-state index >= 15 is 0 Å². The molecule has 2 aliphatic carbocycles. The van der Waals surface area contributed by atoms with Crippen LogP contribution >= 0.6 is 0 Å². The molecule has 1 N–H and O–H groups in total. The zero-order valence-corrected chi connectivity index (χ0v) is 10.2. The molecule has 18 heavy (non-hydrogen) atoms. The van der Waals surface area contributed by atoms with Gasteiger partial charge in [0, 0.05) is 17.7 Å². The van der Waals surface area contributed by atoms with Gasteiger partial charge in [-0.15, -0.1) is 0 Å². The molecule has 4 unspecified atom stereocenters. The molecule has 4 heteroatoms. The normalized spacial score (nSPS) is 36.8. The molecule has 4 atom stereocenters. The Labute approximate surface area is 105 Å². The lowest BCUT2D eigenvalue weighted by atomic mass is 9.75. The quantitative estimate of drug-likeness (QED) is 0.591. The van der Waals surface area contributed by atoms with Crippen molar-refractivity contribution in [2.75, 3.05) is 0 Å². The second kappa shape index (κ2) is 3.39.